The van der Waals surface area contributed by atoms with Gasteiger partial charge in [0.2, 0.25) is 10.0 Å². The van der Waals surface area contributed by atoms with E-state index >= 15 is 0 Å². The van der Waals surface area contributed by atoms with Gasteiger partial charge in [0.1, 0.15) is 4.90 Å². The van der Waals surface area contributed by atoms with E-state index in [9.17, 15) is 21.6 Å². The van der Waals surface area contributed by atoms with Gasteiger partial charge < -0.3 is 5.73 Å². The molecule has 1 rings (SSSR count). The SMILES string of the molecule is CCCc1cc(C(F)(F)F)cc(S(N)(=O)=O)c1N. The zero-order chi connectivity index (χ0) is 14.1. The van der Waals surface area contributed by atoms with Gasteiger partial charge in [-0.05, 0) is 24.1 Å². The second-order valence-electron chi connectivity index (χ2n) is 3.84. The summed E-state index contributed by atoms with van der Waals surface area (Å²) >= 11 is 0. The molecule has 0 atom stereocenters. The fraction of sp³-hybridized carbons (Fsp3) is 0.400. The summed E-state index contributed by atoms with van der Waals surface area (Å²) in [4.78, 5) is -0.680. The second kappa shape index (κ2) is 4.77. The number of hydrogen-bond donors (Lipinski definition) is 2. The van der Waals surface area contributed by atoms with Gasteiger partial charge in [0.15, 0.2) is 0 Å². The molecule has 0 aliphatic rings. The first-order valence-electron chi connectivity index (χ1n) is 5.09. The third-order valence-electron chi connectivity index (χ3n) is 2.38. The number of nitrogen functional groups attached to an aromatic ring is 1. The second-order valence-corrected chi connectivity index (χ2v) is 5.37. The number of alkyl halides is 3. The van der Waals surface area contributed by atoms with Crippen LogP contribution in [0.3, 0.4) is 0 Å². The molecule has 18 heavy (non-hydrogen) atoms. The molecule has 4 N–H and O–H groups in total. The Labute approximate surface area is 103 Å². The van der Waals surface area contributed by atoms with Gasteiger partial charge in [0, 0.05) is 0 Å². The van der Waals surface area contributed by atoms with Crippen molar-refractivity contribution in [2.45, 2.75) is 30.8 Å². The third kappa shape index (κ3) is 3.14. The molecule has 0 aromatic heterocycles. The minimum absolute atomic E-state index is 0.136. The first-order chi connectivity index (χ1) is 8.07. The van der Waals surface area contributed by atoms with Crippen molar-refractivity contribution in [1.82, 2.24) is 0 Å². The van der Waals surface area contributed by atoms with E-state index in [1.54, 1.807) is 6.92 Å². The van der Waals surface area contributed by atoms with Crippen molar-refractivity contribution < 1.29 is 21.6 Å². The Bertz CT molecular complexity index is 553. The Balaban J connectivity index is 3.57. The lowest BCUT2D eigenvalue weighted by Gasteiger charge is -2.14. The fourth-order valence-electron chi connectivity index (χ4n) is 1.56. The summed E-state index contributed by atoms with van der Waals surface area (Å²) in [6.07, 6.45) is -3.86. The monoisotopic (exact) mass is 282 g/mol. The number of sulfonamides is 1. The van der Waals surface area contributed by atoms with Crippen molar-refractivity contribution >= 4 is 15.7 Å². The number of hydrogen-bond acceptors (Lipinski definition) is 3. The van der Waals surface area contributed by atoms with Crippen LogP contribution in [-0.4, -0.2) is 8.42 Å². The maximum atomic E-state index is 12.6. The first kappa shape index (κ1) is 14.8. The maximum Gasteiger partial charge on any atom is 0.416 e. The van der Waals surface area contributed by atoms with Crippen LogP contribution in [-0.2, 0) is 22.6 Å². The Morgan fingerprint density at radius 2 is 1.83 bits per heavy atom. The molecule has 0 aliphatic carbocycles. The molecule has 0 amide bonds. The van der Waals surface area contributed by atoms with Crippen molar-refractivity contribution in [3.8, 4) is 0 Å². The molecule has 0 saturated heterocycles. The van der Waals surface area contributed by atoms with Crippen LogP contribution in [0.15, 0.2) is 17.0 Å². The Hall–Kier alpha value is -1.28. The molecule has 8 heteroatoms. The number of aryl methyl sites for hydroxylation is 1. The van der Waals surface area contributed by atoms with Gasteiger partial charge in [0.25, 0.3) is 0 Å². The minimum atomic E-state index is -4.64. The van der Waals surface area contributed by atoms with Crippen LogP contribution in [0.2, 0.25) is 0 Å². The molecular formula is C10H13F3N2O2S. The summed E-state index contributed by atoms with van der Waals surface area (Å²) in [5.74, 6) is 0. The van der Waals surface area contributed by atoms with Gasteiger partial charge in [0.05, 0.1) is 11.3 Å². The highest BCUT2D eigenvalue weighted by Gasteiger charge is 2.33. The van der Waals surface area contributed by atoms with Crippen LogP contribution in [0, 0.1) is 0 Å². The Morgan fingerprint density at radius 3 is 2.22 bits per heavy atom. The highest BCUT2D eigenvalue weighted by Crippen LogP contribution is 2.34. The Morgan fingerprint density at radius 1 is 1.28 bits per heavy atom. The molecule has 0 bridgehead atoms. The van der Waals surface area contributed by atoms with Gasteiger partial charge in [-0.2, -0.15) is 13.2 Å². The predicted octanol–water partition coefficient (Wildman–Crippen LogP) is 1.89. The number of nitrogens with two attached hydrogens (primary N) is 2. The highest BCUT2D eigenvalue weighted by atomic mass is 32.2. The third-order valence-corrected chi connectivity index (χ3v) is 3.33. The molecule has 0 fully saturated rings. The number of halogens is 3. The molecule has 0 aliphatic heterocycles. The van der Waals surface area contributed by atoms with Crippen LogP contribution < -0.4 is 10.9 Å². The highest BCUT2D eigenvalue weighted by molar-refractivity contribution is 7.89. The van der Waals surface area contributed by atoms with Gasteiger partial charge in [-0.15, -0.1) is 0 Å². The van der Waals surface area contributed by atoms with Crippen LogP contribution >= 0.6 is 0 Å². The number of benzene rings is 1. The topological polar surface area (TPSA) is 86.2 Å². The lowest BCUT2D eigenvalue weighted by Crippen LogP contribution is -2.18. The van der Waals surface area contributed by atoms with E-state index in [-0.39, 0.29) is 17.7 Å². The van der Waals surface area contributed by atoms with Crippen molar-refractivity contribution in [3.05, 3.63) is 23.3 Å². The largest absolute Gasteiger partial charge is 0.416 e. The summed E-state index contributed by atoms with van der Waals surface area (Å²) in [5, 5.41) is 4.86. The lowest BCUT2D eigenvalue weighted by atomic mass is 10.0. The molecule has 0 unspecified atom stereocenters. The summed E-state index contributed by atoms with van der Waals surface area (Å²) in [5.41, 5.74) is 4.40. The molecular weight excluding hydrogens is 269 g/mol. The summed E-state index contributed by atoms with van der Waals surface area (Å²) < 4.78 is 60.3. The van der Waals surface area contributed by atoms with Crippen LogP contribution in [0.4, 0.5) is 18.9 Å². The average Bonchev–Trinajstić information content (AvgIpc) is 2.17. The summed E-state index contributed by atoms with van der Waals surface area (Å²) in [7, 11) is -4.28. The standard InChI is InChI=1S/C10H13F3N2O2S/c1-2-3-6-4-7(10(11,12)13)5-8(9(6)14)18(15,16)17/h4-5H,2-3,14H2,1H3,(H2,15,16,17). The van der Waals surface area contributed by atoms with Gasteiger partial charge in [-0.3, -0.25) is 0 Å². The van der Waals surface area contributed by atoms with Crippen molar-refractivity contribution in [1.29, 1.82) is 0 Å². The van der Waals surface area contributed by atoms with Crippen molar-refractivity contribution in [2.24, 2.45) is 5.14 Å². The van der Waals surface area contributed by atoms with E-state index in [1.165, 1.54) is 0 Å². The smallest absolute Gasteiger partial charge is 0.397 e. The lowest BCUT2D eigenvalue weighted by molar-refractivity contribution is -0.137. The quantitative estimate of drug-likeness (QED) is 0.830. The fourth-order valence-corrected chi connectivity index (χ4v) is 2.29. The van der Waals surface area contributed by atoms with Crippen LogP contribution in [0.25, 0.3) is 0 Å². The average molecular weight is 282 g/mol. The normalized spacial score (nSPS) is 12.7. The van der Waals surface area contributed by atoms with E-state index < -0.39 is 26.7 Å². The van der Waals surface area contributed by atoms with E-state index in [0.29, 0.717) is 12.5 Å². The number of primary sulfonamides is 1. The van der Waals surface area contributed by atoms with E-state index in [0.717, 1.165) is 6.07 Å². The zero-order valence-electron chi connectivity index (χ0n) is 9.58. The van der Waals surface area contributed by atoms with E-state index in [2.05, 4.69) is 0 Å². The van der Waals surface area contributed by atoms with Gasteiger partial charge in [-0.25, -0.2) is 13.6 Å². The molecule has 0 heterocycles. The van der Waals surface area contributed by atoms with Crippen LogP contribution in [0.5, 0.6) is 0 Å². The molecule has 102 valence electrons. The van der Waals surface area contributed by atoms with E-state index in [1.807, 2.05) is 0 Å². The Kier molecular flexibility index (Phi) is 3.92. The molecule has 0 saturated carbocycles. The minimum Gasteiger partial charge on any atom is -0.397 e. The molecule has 1 aromatic carbocycles. The summed E-state index contributed by atoms with van der Waals surface area (Å²) in [6.45, 7) is 1.75. The van der Waals surface area contributed by atoms with Crippen molar-refractivity contribution in [2.75, 3.05) is 5.73 Å². The number of anilines is 1. The van der Waals surface area contributed by atoms with Gasteiger partial charge >= 0.3 is 6.18 Å². The van der Waals surface area contributed by atoms with E-state index in [4.69, 9.17) is 10.9 Å². The first-order valence-corrected chi connectivity index (χ1v) is 6.64. The predicted molar refractivity (Wildman–Crippen MR) is 61.2 cm³/mol. The van der Waals surface area contributed by atoms with Crippen molar-refractivity contribution in [3.63, 3.8) is 0 Å². The zero-order valence-corrected chi connectivity index (χ0v) is 10.4. The number of rotatable bonds is 3. The maximum absolute atomic E-state index is 12.6. The molecule has 0 radical (unpaired) electrons. The molecule has 1 aromatic rings. The van der Waals surface area contributed by atoms with Crippen LogP contribution in [0.1, 0.15) is 24.5 Å². The molecule has 0 spiro atoms. The molecule has 4 nitrogen and oxygen atoms in total. The summed E-state index contributed by atoms with van der Waals surface area (Å²) in [6, 6.07) is 1.32. The van der Waals surface area contributed by atoms with Gasteiger partial charge in [-0.1, -0.05) is 13.3 Å².